The molecule has 20 heavy (non-hydrogen) atoms. The molecule has 0 aliphatic rings. The fourth-order valence-corrected chi connectivity index (χ4v) is 2.79. The Kier molecular flexibility index (Phi) is 3.36. The molecule has 9 heteroatoms. The smallest absolute Gasteiger partial charge is 0.335 e. The van der Waals surface area contributed by atoms with Crippen molar-refractivity contribution >= 4 is 27.5 Å². The first kappa shape index (κ1) is 13.9. The third kappa shape index (κ3) is 2.57. The van der Waals surface area contributed by atoms with Gasteiger partial charge in [0.25, 0.3) is 10.0 Å². The molecule has 8 nitrogen and oxygen atoms in total. The van der Waals surface area contributed by atoms with Gasteiger partial charge in [-0.05, 0) is 18.2 Å². The molecule has 1 aromatic carbocycles. The minimum absolute atomic E-state index is 0.0815. The van der Waals surface area contributed by atoms with Crippen LogP contribution < -0.4 is 10.5 Å². The number of nitrogens with zero attached hydrogens (tertiary/aromatic N) is 2. The number of aryl methyl sites for hydroxylation is 1. The second kappa shape index (κ2) is 4.85. The van der Waals surface area contributed by atoms with Gasteiger partial charge in [0, 0.05) is 13.1 Å². The molecule has 0 atom stereocenters. The second-order valence-electron chi connectivity index (χ2n) is 4.00. The van der Waals surface area contributed by atoms with E-state index in [1.54, 1.807) is 7.05 Å². The number of nitrogen functional groups attached to an aromatic ring is 1. The van der Waals surface area contributed by atoms with Gasteiger partial charge in [-0.2, -0.15) is 5.10 Å². The number of benzene rings is 1. The fourth-order valence-electron chi connectivity index (χ4n) is 1.59. The van der Waals surface area contributed by atoms with Crippen LogP contribution in [-0.4, -0.2) is 29.3 Å². The second-order valence-corrected chi connectivity index (χ2v) is 5.65. The lowest BCUT2D eigenvalue weighted by atomic mass is 10.2. The topological polar surface area (TPSA) is 127 Å². The zero-order valence-corrected chi connectivity index (χ0v) is 11.3. The van der Waals surface area contributed by atoms with Gasteiger partial charge in [0.15, 0.2) is 0 Å². The van der Waals surface area contributed by atoms with Crippen molar-refractivity contribution < 1.29 is 18.3 Å². The SMILES string of the molecule is Cn1nccc1NS(=O)(=O)c1ccc(C(=O)O)cc1N. The first-order chi connectivity index (χ1) is 9.31. The molecule has 0 spiro atoms. The molecule has 0 bridgehead atoms. The average molecular weight is 296 g/mol. The molecular weight excluding hydrogens is 284 g/mol. The number of rotatable bonds is 4. The van der Waals surface area contributed by atoms with E-state index >= 15 is 0 Å². The molecule has 2 aromatic rings. The number of carboxylic acid groups (broad SMARTS) is 1. The zero-order valence-electron chi connectivity index (χ0n) is 10.4. The summed E-state index contributed by atoms with van der Waals surface area (Å²) in [5.74, 6) is -0.910. The van der Waals surface area contributed by atoms with Crippen molar-refractivity contribution in [3.05, 3.63) is 36.0 Å². The average Bonchev–Trinajstić information content (AvgIpc) is 2.73. The molecule has 1 heterocycles. The Morgan fingerprint density at radius 1 is 1.40 bits per heavy atom. The van der Waals surface area contributed by atoms with Crippen LogP contribution in [0.25, 0.3) is 0 Å². The van der Waals surface area contributed by atoms with Gasteiger partial charge in [0.1, 0.15) is 10.7 Å². The largest absolute Gasteiger partial charge is 0.478 e. The Bertz CT molecular complexity index is 766. The molecule has 0 amide bonds. The number of aromatic nitrogens is 2. The highest BCUT2D eigenvalue weighted by molar-refractivity contribution is 7.92. The van der Waals surface area contributed by atoms with Crippen LogP contribution in [0, 0.1) is 0 Å². The molecule has 0 radical (unpaired) electrons. The highest BCUT2D eigenvalue weighted by Gasteiger charge is 2.20. The number of aromatic carboxylic acids is 1. The van der Waals surface area contributed by atoms with Crippen molar-refractivity contribution in [3.8, 4) is 0 Å². The zero-order chi connectivity index (χ0) is 14.9. The van der Waals surface area contributed by atoms with E-state index in [-0.39, 0.29) is 22.0 Å². The number of anilines is 2. The van der Waals surface area contributed by atoms with E-state index < -0.39 is 16.0 Å². The van der Waals surface area contributed by atoms with Crippen molar-refractivity contribution in [3.63, 3.8) is 0 Å². The van der Waals surface area contributed by atoms with E-state index in [9.17, 15) is 13.2 Å². The summed E-state index contributed by atoms with van der Waals surface area (Å²) in [4.78, 5) is 10.6. The number of carboxylic acids is 1. The van der Waals surface area contributed by atoms with Crippen LogP contribution >= 0.6 is 0 Å². The van der Waals surface area contributed by atoms with Crippen LogP contribution in [0.5, 0.6) is 0 Å². The molecule has 2 rings (SSSR count). The van der Waals surface area contributed by atoms with Crippen LogP contribution in [0.4, 0.5) is 11.5 Å². The normalized spacial score (nSPS) is 11.2. The summed E-state index contributed by atoms with van der Waals surface area (Å²) >= 11 is 0. The molecule has 0 unspecified atom stereocenters. The van der Waals surface area contributed by atoms with Gasteiger partial charge in [-0.25, -0.2) is 13.2 Å². The van der Waals surface area contributed by atoms with Crippen LogP contribution in [0.15, 0.2) is 35.4 Å². The van der Waals surface area contributed by atoms with E-state index in [0.29, 0.717) is 0 Å². The third-order valence-corrected chi connectivity index (χ3v) is 4.03. The summed E-state index contributed by atoms with van der Waals surface area (Å²) in [6.07, 6.45) is 1.44. The Labute approximate surface area is 114 Å². The highest BCUT2D eigenvalue weighted by atomic mass is 32.2. The van der Waals surface area contributed by atoms with Gasteiger partial charge in [-0.1, -0.05) is 0 Å². The maximum absolute atomic E-state index is 12.2. The number of nitrogens with two attached hydrogens (primary N) is 1. The molecule has 0 aliphatic heterocycles. The Balaban J connectivity index is 2.40. The molecule has 4 N–H and O–H groups in total. The molecule has 106 valence electrons. The van der Waals surface area contributed by atoms with Gasteiger partial charge in [-0.3, -0.25) is 9.40 Å². The molecular formula is C11H12N4O4S. The van der Waals surface area contributed by atoms with Crippen molar-refractivity contribution in [1.29, 1.82) is 0 Å². The van der Waals surface area contributed by atoms with E-state index in [1.807, 2.05) is 0 Å². The molecule has 0 saturated carbocycles. The summed E-state index contributed by atoms with van der Waals surface area (Å²) in [6, 6.07) is 4.91. The predicted molar refractivity (Wildman–Crippen MR) is 71.8 cm³/mol. The van der Waals surface area contributed by atoms with Crippen LogP contribution in [0.3, 0.4) is 0 Å². The van der Waals surface area contributed by atoms with Gasteiger partial charge in [0.2, 0.25) is 0 Å². The summed E-state index contributed by atoms with van der Waals surface area (Å²) in [6.45, 7) is 0. The third-order valence-electron chi connectivity index (χ3n) is 2.61. The van der Waals surface area contributed by atoms with Crippen LogP contribution in [0.2, 0.25) is 0 Å². The fraction of sp³-hybridized carbons (Fsp3) is 0.0909. The monoisotopic (exact) mass is 296 g/mol. The number of hydrogen-bond donors (Lipinski definition) is 3. The van der Waals surface area contributed by atoms with Crippen molar-refractivity contribution in [2.24, 2.45) is 7.05 Å². The maximum atomic E-state index is 12.2. The summed E-state index contributed by atoms with van der Waals surface area (Å²) in [5, 5.41) is 12.6. The lowest BCUT2D eigenvalue weighted by Crippen LogP contribution is -2.17. The van der Waals surface area contributed by atoms with Gasteiger partial charge in [0.05, 0.1) is 17.4 Å². The van der Waals surface area contributed by atoms with Crippen molar-refractivity contribution in [2.45, 2.75) is 4.90 Å². The van der Waals surface area contributed by atoms with Crippen LogP contribution in [-0.2, 0) is 17.1 Å². The van der Waals surface area contributed by atoms with Gasteiger partial charge >= 0.3 is 5.97 Å². The lowest BCUT2D eigenvalue weighted by molar-refractivity contribution is 0.0697. The van der Waals surface area contributed by atoms with Crippen molar-refractivity contribution in [1.82, 2.24) is 9.78 Å². The number of hydrogen-bond acceptors (Lipinski definition) is 5. The Morgan fingerprint density at radius 2 is 2.10 bits per heavy atom. The summed E-state index contributed by atoms with van der Waals surface area (Å²) in [5.41, 5.74) is 5.39. The standard InChI is InChI=1S/C11H12N4O4S/c1-15-10(4-5-13-15)14-20(18,19)9-3-2-7(11(16)17)6-8(9)12/h2-6,14H,12H2,1H3,(H,16,17). The number of nitrogens with one attached hydrogen (secondary N) is 1. The van der Waals surface area contributed by atoms with Crippen LogP contribution in [0.1, 0.15) is 10.4 Å². The number of carbonyl (C=O) groups is 1. The summed E-state index contributed by atoms with van der Waals surface area (Å²) < 4.78 is 28.0. The van der Waals surface area contributed by atoms with Crippen molar-refractivity contribution in [2.75, 3.05) is 10.5 Å². The molecule has 0 saturated heterocycles. The van der Waals surface area contributed by atoms with Gasteiger partial charge < -0.3 is 10.8 Å². The minimum atomic E-state index is -3.91. The summed E-state index contributed by atoms with van der Waals surface area (Å²) in [7, 11) is -2.33. The first-order valence-corrected chi connectivity index (χ1v) is 6.93. The molecule has 0 aliphatic carbocycles. The Morgan fingerprint density at radius 3 is 2.60 bits per heavy atom. The quantitative estimate of drug-likeness (QED) is 0.705. The Hall–Kier alpha value is -2.55. The van der Waals surface area contributed by atoms with E-state index in [0.717, 1.165) is 12.1 Å². The van der Waals surface area contributed by atoms with E-state index in [4.69, 9.17) is 10.8 Å². The van der Waals surface area contributed by atoms with E-state index in [1.165, 1.54) is 23.0 Å². The number of sulfonamides is 1. The lowest BCUT2D eigenvalue weighted by Gasteiger charge is -2.10. The van der Waals surface area contributed by atoms with E-state index in [2.05, 4.69) is 9.82 Å². The molecule has 1 aromatic heterocycles. The molecule has 0 fully saturated rings. The highest BCUT2D eigenvalue weighted by Crippen LogP contribution is 2.22. The minimum Gasteiger partial charge on any atom is -0.478 e. The predicted octanol–water partition coefficient (Wildman–Crippen LogP) is 0.501. The first-order valence-electron chi connectivity index (χ1n) is 5.45. The van der Waals surface area contributed by atoms with Gasteiger partial charge in [-0.15, -0.1) is 0 Å². The maximum Gasteiger partial charge on any atom is 0.335 e.